The molecular weight excluding hydrogens is 256 g/mol. The van der Waals surface area contributed by atoms with E-state index in [1.165, 1.54) is 11.1 Å². The summed E-state index contributed by atoms with van der Waals surface area (Å²) in [6.07, 6.45) is 0.567. The molecule has 1 aliphatic rings. The molecule has 0 spiro atoms. The number of benzene rings is 1. The Kier molecular flexibility index (Phi) is 4.53. The molecule has 0 aliphatic carbocycles. The largest absolute Gasteiger partial charge is 0.340 e. The number of hydrogen-bond acceptors (Lipinski definition) is 3. The normalized spacial score (nSPS) is 21.2. The SMILES string of the molecule is Cc1ccc(C(CN2CC(S)CC2=O)N(C)C)cc1. The van der Waals surface area contributed by atoms with Crippen molar-refractivity contribution < 1.29 is 4.79 Å². The zero-order chi connectivity index (χ0) is 14.0. The Bertz CT molecular complexity index is 444. The van der Waals surface area contributed by atoms with Crippen molar-refractivity contribution in [3.8, 4) is 0 Å². The lowest BCUT2D eigenvalue weighted by Gasteiger charge is -2.29. The van der Waals surface area contributed by atoms with E-state index in [0.717, 1.165) is 13.1 Å². The second-order valence-corrected chi connectivity index (χ2v) is 6.28. The lowest BCUT2D eigenvalue weighted by atomic mass is 10.0. The van der Waals surface area contributed by atoms with E-state index in [2.05, 4.69) is 62.8 Å². The number of nitrogens with zero attached hydrogens (tertiary/aromatic N) is 2. The van der Waals surface area contributed by atoms with Gasteiger partial charge in [0.25, 0.3) is 0 Å². The first-order valence-electron chi connectivity index (χ1n) is 6.66. The topological polar surface area (TPSA) is 23.6 Å². The van der Waals surface area contributed by atoms with Crippen molar-refractivity contribution in [1.82, 2.24) is 9.80 Å². The fraction of sp³-hybridized carbons (Fsp3) is 0.533. The summed E-state index contributed by atoms with van der Waals surface area (Å²) in [5.74, 6) is 0.221. The smallest absolute Gasteiger partial charge is 0.223 e. The predicted octanol–water partition coefficient (Wildman–Crippen LogP) is 2.13. The number of carbonyl (C=O) groups excluding carboxylic acids is 1. The maximum Gasteiger partial charge on any atom is 0.223 e. The van der Waals surface area contributed by atoms with Gasteiger partial charge in [-0.05, 0) is 26.6 Å². The highest BCUT2D eigenvalue weighted by molar-refractivity contribution is 7.81. The van der Waals surface area contributed by atoms with E-state index in [9.17, 15) is 4.79 Å². The van der Waals surface area contributed by atoms with Gasteiger partial charge in [-0.2, -0.15) is 12.6 Å². The summed E-state index contributed by atoms with van der Waals surface area (Å²) >= 11 is 4.41. The van der Waals surface area contributed by atoms with Gasteiger partial charge < -0.3 is 9.80 Å². The maximum absolute atomic E-state index is 11.9. The average Bonchev–Trinajstić information content (AvgIpc) is 2.66. The molecule has 19 heavy (non-hydrogen) atoms. The van der Waals surface area contributed by atoms with E-state index in [0.29, 0.717) is 6.42 Å². The van der Waals surface area contributed by atoms with Crippen LogP contribution in [0.25, 0.3) is 0 Å². The molecular formula is C15H22N2OS. The standard InChI is InChI=1S/C15H22N2OS/c1-11-4-6-12(7-5-11)14(16(2)3)10-17-9-13(19)8-15(17)18/h4-7,13-14,19H,8-10H2,1-3H3. The second-order valence-electron chi connectivity index (χ2n) is 5.55. The molecule has 0 aromatic heterocycles. The number of aryl methyl sites for hydroxylation is 1. The molecule has 2 rings (SSSR count). The summed E-state index contributed by atoms with van der Waals surface area (Å²) in [5.41, 5.74) is 2.51. The van der Waals surface area contributed by atoms with Crippen molar-refractivity contribution in [2.45, 2.75) is 24.6 Å². The van der Waals surface area contributed by atoms with Crippen LogP contribution in [-0.2, 0) is 4.79 Å². The Hall–Kier alpha value is -1.00. The van der Waals surface area contributed by atoms with Gasteiger partial charge in [-0.25, -0.2) is 0 Å². The van der Waals surface area contributed by atoms with Crippen molar-refractivity contribution in [3.63, 3.8) is 0 Å². The molecule has 0 N–H and O–H groups in total. The highest BCUT2D eigenvalue weighted by Crippen LogP contribution is 2.24. The van der Waals surface area contributed by atoms with Crippen LogP contribution in [0.3, 0.4) is 0 Å². The predicted molar refractivity (Wildman–Crippen MR) is 81.6 cm³/mol. The molecule has 1 aliphatic heterocycles. The van der Waals surface area contributed by atoms with Crippen LogP contribution < -0.4 is 0 Å². The Morgan fingerprint density at radius 1 is 1.37 bits per heavy atom. The van der Waals surface area contributed by atoms with Crippen molar-refractivity contribution in [3.05, 3.63) is 35.4 Å². The molecule has 1 heterocycles. The van der Waals surface area contributed by atoms with Crippen LogP contribution in [0.5, 0.6) is 0 Å². The molecule has 4 heteroatoms. The molecule has 2 atom stereocenters. The zero-order valence-corrected chi connectivity index (χ0v) is 12.7. The molecule has 0 bridgehead atoms. The summed E-state index contributed by atoms with van der Waals surface area (Å²) in [6.45, 7) is 3.59. The van der Waals surface area contributed by atoms with Gasteiger partial charge in [0, 0.05) is 24.8 Å². The van der Waals surface area contributed by atoms with Crippen LogP contribution in [0, 0.1) is 6.92 Å². The van der Waals surface area contributed by atoms with Crippen LogP contribution in [0.2, 0.25) is 0 Å². The van der Waals surface area contributed by atoms with E-state index in [-0.39, 0.29) is 17.2 Å². The Labute approximate surface area is 121 Å². The summed E-state index contributed by atoms with van der Waals surface area (Å²) in [5, 5.41) is 0.188. The summed E-state index contributed by atoms with van der Waals surface area (Å²) in [4.78, 5) is 16.0. The first-order valence-corrected chi connectivity index (χ1v) is 7.18. The molecule has 1 aromatic rings. The van der Waals surface area contributed by atoms with E-state index < -0.39 is 0 Å². The van der Waals surface area contributed by atoms with Gasteiger partial charge in [0.15, 0.2) is 0 Å². The third kappa shape index (κ3) is 3.51. The van der Waals surface area contributed by atoms with Gasteiger partial charge in [-0.1, -0.05) is 29.8 Å². The van der Waals surface area contributed by atoms with Gasteiger partial charge in [0.05, 0.1) is 6.04 Å². The number of thiol groups is 1. The summed E-state index contributed by atoms with van der Waals surface area (Å²) < 4.78 is 0. The molecule has 1 saturated heterocycles. The van der Waals surface area contributed by atoms with Crippen molar-refractivity contribution in [2.75, 3.05) is 27.2 Å². The first-order chi connectivity index (χ1) is 8.97. The van der Waals surface area contributed by atoms with Crippen LogP contribution >= 0.6 is 12.6 Å². The monoisotopic (exact) mass is 278 g/mol. The number of rotatable bonds is 4. The van der Waals surface area contributed by atoms with Crippen LogP contribution in [-0.4, -0.2) is 48.1 Å². The fourth-order valence-electron chi connectivity index (χ4n) is 2.49. The van der Waals surface area contributed by atoms with Crippen LogP contribution in [0.15, 0.2) is 24.3 Å². The number of hydrogen-bond donors (Lipinski definition) is 1. The molecule has 1 aromatic carbocycles. The van der Waals surface area contributed by atoms with Gasteiger partial charge in [0.1, 0.15) is 0 Å². The molecule has 0 radical (unpaired) electrons. The number of likely N-dealkylation sites (N-methyl/N-ethyl adjacent to an activating group) is 1. The number of amides is 1. The van der Waals surface area contributed by atoms with Crippen LogP contribution in [0.1, 0.15) is 23.6 Å². The van der Waals surface area contributed by atoms with Gasteiger partial charge in [-0.3, -0.25) is 4.79 Å². The Morgan fingerprint density at radius 3 is 2.47 bits per heavy atom. The van der Waals surface area contributed by atoms with E-state index >= 15 is 0 Å². The summed E-state index contributed by atoms with van der Waals surface area (Å²) in [6, 6.07) is 8.79. The number of likely N-dealkylation sites (tertiary alicyclic amines) is 1. The molecule has 1 fully saturated rings. The number of carbonyl (C=O) groups is 1. The third-order valence-corrected chi connectivity index (χ3v) is 4.02. The maximum atomic E-state index is 11.9. The molecule has 0 saturated carbocycles. The van der Waals surface area contributed by atoms with Crippen LogP contribution in [0.4, 0.5) is 0 Å². The van der Waals surface area contributed by atoms with Crippen molar-refractivity contribution >= 4 is 18.5 Å². The average molecular weight is 278 g/mol. The van der Waals surface area contributed by atoms with E-state index in [1.54, 1.807) is 0 Å². The molecule has 1 amide bonds. The van der Waals surface area contributed by atoms with Gasteiger partial charge >= 0.3 is 0 Å². The minimum atomic E-state index is 0.188. The third-order valence-electron chi connectivity index (χ3n) is 3.67. The molecule has 104 valence electrons. The van der Waals surface area contributed by atoms with Crippen molar-refractivity contribution in [1.29, 1.82) is 0 Å². The fourth-order valence-corrected chi connectivity index (χ4v) is 2.85. The lowest BCUT2D eigenvalue weighted by molar-refractivity contribution is -0.128. The molecule has 2 unspecified atom stereocenters. The minimum absolute atomic E-state index is 0.188. The highest BCUT2D eigenvalue weighted by Gasteiger charge is 2.29. The van der Waals surface area contributed by atoms with Crippen molar-refractivity contribution in [2.24, 2.45) is 0 Å². The van der Waals surface area contributed by atoms with E-state index in [4.69, 9.17) is 0 Å². The zero-order valence-electron chi connectivity index (χ0n) is 11.8. The molecule has 3 nitrogen and oxygen atoms in total. The van der Waals surface area contributed by atoms with Gasteiger partial charge in [0.2, 0.25) is 5.91 Å². The Balaban J connectivity index is 2.13. The van der Waals surface area contributed by atoms with Gasteiger partial charge in [-0.15, -0.1) is 0 Å². The quantitative estimate of drug-likeness (QED) is 0.853. The highest BCUT2D eigenvalue weighted by atomic mass is 32.1. The minimum Gasteiger partial charge on any atom is -0.340 e. The Morgan fingerprint density at radius 2 is 2.00 bits per heavy atom. The van der Waals surface area contributed by atoms with E-state index in [1.807, 2.05) is 4.90 Å². The lowest BCUT2D eigenvalue weighted by Crippen LogP contribution is -2.35. The summed E-state index contributed by atoms with van der Waals surface area (Å²) in [7, 11) is 4.12. The second kappa shape index (κ2) is 5.97. The first kappa shape index (κ1) is 14.4.